The zero-order valence-electron chi connectivity index (χ0n) is 11.9. The molecule has 1 aromatic carbocycles. The van der Waals surface area contributed by atoms with Gasteiger partial charge in [-0.05, 0) is 44.0 Å². The fourth-order valence-corrected chi connectivity index (χ4v) is 5.59. The number of hydrogen-bond donors (Lipinski definition) is 2. The molecule has 0 spiro atoms. The van der Waals surface area contributed by atoms with Crippen LogP contribution in [-0.2, 0) is 14.8 Å². The van der Waals surface area contributed by atoms with Crippen molar-refractivity contribution in [3.63, 3.8) is 0 Å². The van der Waals surface area contributed by atoms with Gasteiger partial charge in [-0.3, -0.25) is 4.79 Å². The van der Waals surface area contributed by atoms with Gasteiger partial charge in [0.1, 0.15) is 4.90 Å². The van der Waals surface area contributed by atoms with Crippen LogP contribution in [0.2, 0.25) is 0 Å². The van der Waals surface area contributed by atoms with E-state index < -0.39 is 15.9 Å². The molecule has 3 N–H and O–H groups in total. The number of rotatable bonds is 5. The Hall–Kier alpha value is -0.640. The van der Waals surface area contributed by atoms with Crippen LogP contribution in [0.15, 0.2) is 26.0 Å². The Kier molecular flexibility index (Phi) is 6.21. The lowest BCUT2D eigenvalue weighted by atomic mass is 10.2. The maximum Gasteiger partial charge on any atom is 0.245 e. The largest absolute Gasteiger partial charge is 0.399 e. The summed E-state index contributed by atoms with van der Waals surface area (Å²) in [4.78, 5) is 11.6. The number of halogens is 2. The Morgan fingerprint density at radius 3 is 2.29 bits per heavy atom. The summed E-state index contributed by atoms with van der Waals surface area (Å²) < 4.78 is 27.1. The summed E-state index contributed by atoms with van der Waals surface area (Å²) in [5, 5.41) is 2.50. The maximum atomic E-state index is 12.6. The first-order chi connectivity index (χ1) is 9.61. The first kappa shape index (κ1) is 18.4. The van der Waals surface area contributed by atoms with E-state index in [1.54, 1.807) is 6.92 Å². The second-order valence-electron chi connectivity index (χ2n) is 4.61. The van der Waals surface area contributed by atoms with Crippen LogP contribution in [0.25, 0.3) is 0 Å². The Morgan fingerprint density at radius 2 is 1.86 bits per heavy atom. The summed E-state index contributed by atoms with van der Waals surface area (Å²) in [6.07, 6.45) is 0. The molecule has 0 aromatic heterocycles. The Bertz CT molecular complexity index is 626. The summed E-state index contributed by atoms with van der Waals surface area (Å²) in [5.74, 6) is -0.673. The SMILES string of the molecule is CNC(=O)C(C)CN(C)S(=O)(=O)c1c(Br)cc(N)cc1Br. The van der Waals surface area contributed by atoms with E-state index in [1.165, 1.54) is 26.2 Å². The molecule has 9 heteroatoms. The van der Waals surface area contributed by atoms with E-state index >= 15 is 0 Å². The molecule has 0 radical (unpaired) electrons. The van der Waals surface area contributed by atoms with Crippen molar-refractivity contribution in [2.45, 2.75) is 11.8 Å². The molecule has 1 atom stereocenters. The molecule has 0 saturated heterocycles. The van der Waals surface area contributed by atoms with Gasteiger partial charge in [0, 0.05) is 41.2 Å². The third kappa shape index (κ3) is 4.18. The third-order valence-electron chi connectivity index (χ3n) is 2.91. The molecule has 21 heavy (non-hydrogen) atoms. The van der Waals surface area contributed by atoms with E-state index in [4.69, 9.17) is 5.73 Å². The number of amides is 1. The highest BCUT2D eigenvalue weighted by atomic mass is 79.9. The summed E-state index contributed by atoms with van der Waals surface area (Å²) in [5.41, 5.74) is 6.10. The number of sulfonamides is 1. The second kappa shape index (κ2) is 7.08. The van der Waals surface area contributed by atoms with Crippen LogP contribution in [0.4, 0.5) is 5.69 Å². The monoisotopic (exact) mass is 441 g/mol. The lowest BCUT2D eigenvalue weighted by Gasteiger charge is -2.22. The van der Waals surface area contributed by atoms with Crippen LogP contribution in [-0.4, -0.2) is 39.3 Å². The van der Waals surface area contributed by atoms with E-state index in [0.29, 0.717) is 14.6 Å². The minimum absolute atomic E-state index is 0.0747. The van der Waals surface area contributed by atoms with Gasteiger partial charge in [-0.15, -0.1) is 0 Å². The van der Waals surface area contributed by atoms with E-state index in [1.807, 2.05) is 0 Å². The maximum absolute atomic E-state index is 12.6. The molecule has 0 aliphatic carbocycles. The Labute approximate surface area is 141 Å². The van der Waals surface area contributed by atoms with E-state index in [2.05, 4.69) is 37.2 Å². The molecule has 0 bridgehead atoms. The normalized spacial score (nSPS) is 13.2. The summed E-state index contributed by atoms with van der Waals surface area (Å²) in [6, 6.07) is 3.04. The highest BCUT2D eigenvalue weighted by Crippen LogP contribution is 2.34. The van der Waals surface area contributed by atoms with Crippen molar-refractivity contribution in [1.29, 1.82) is 0 Å². The van der Waals surface area contributed by atoms with Crippen LogP contribution in [0.1, 0.15) is 6.92 Å². The van der Waals surface area contributed by atoms with Gasteiger partial charge in [0.2, 0.25) is 15.9 Å². The molecule has 118 valence electrons. The molecule has 1 unspecified atom stereocenters. The quantitative estimate of drug-likeness (QED) is 0.680. The number of carbonyl (C=O) groups excluding carboxylic acids is 1. The summed E-state index contributed by atoms with van der Waals surface area (Å²) in [6.45, 7) is 1.74. The molecule has 0 aliphatic heterocycles. The first-order valence-electron chi connectivity index (χ1n) is 6.03. The van der Waals surface area contributed by atoms with Crippen LogP contribution in [0.3, 0.4) is 0 Å². The fourth-order valence-electron chi connectivity index (χ4n) is 1.79. The van der Waals surface area contributed by atoms with Crippen molar-refractivity contribution >= 4 is 53.5 Å². The molecular formula is C12H17Br2N3O3S. The minimum Gasteiger partial charge on any atom is -0.399 e. The van der Waals surface area contributed by atoms with Crippen molar-refractivity contribution in [3.8, 4) is 0 Å². The fraction of sp³-hybridized carbons (Fsp3) is 0.417. The average Bonchev–Trinajstić information content (AvgIpc) is 2.35. The summed E-state index contributed by atoms with van der Waals surface area (Å²) >= 11 is 6.43. The number of anilines is 1. The predicted molar refractivity (Wildman–Crippen MR) is 89.3 cm³/mol. The minimum atomic E-state index is -3.75. The topological polar surface area (TPSA) is 92.5 Å². The van der Waals surface area contributed by atoms with E-state index in [0.717, 1.165) is 4.31 Å². The van der Waals surface area contributed by atoms with Gasteiger partial charge < -0.3 is 11.1 Å². The Balaban J connectivity index is 3.15. The van der Waals surface area contributed by atoms with Crippen LogP contribution in [0.5, 0.6) is 0 Å². The van der Waals surface area contributed by atoms with Crippen molar-refractivity contribution in [2.75, 3.05) is 26.4 Å². The van der Waals surface area contributed by atoms with Gasteiger partial charge in [0.15, 0.2) is 0 Å². The number of nitrogens with two attached hydrogens (primary N) is 1. The molecule has 0 heterocycles. The van der Waals surface area contributed by atoms with Gasteiger partial charge in [-0.1, -0.05) is 6.92 Å². The lowest BCUT2D eigenvalue weighted by molar-refractivity contribution is -0.124. The second-order valence-corrected chi connectivity index (χ2v) is 8.30. The summed E-state index contributed by atoms with van der Waals surface area (Å²) in [7, 11) is -0.801. The highest BCUT2D eigenvalue weighted by molar-refractivity contribution is 9.11. The average molecular weight is 443 g/mol. The molecule has 0 fully saturated rings. The van der Waals surface area contributed by atoms with Crippen LogP contribution in [0, 0.1) is 5.92 Å². The van der Waals surface area contributed by atoms with Crippen molar-refractivity contribution in [1.82, 2.24) is 9.62 Å². The van der Waals surface area contributed by atoms with Crippen molar-refractivity contribution < 1.29 is 13.2 Å². The molecule has 0 saturated carbocycles. The van der Waals surface area contributed by atoms with Crippen molar-refractivity contribution in [2.24, 2.45) is 5.92 Å². The van der Waals surface area contributed by atoms with Gasteiger partial charge in [-0.2, -0.15) is 0 Å². The molecule has 1 aromatic rings. The van der Waals surface area contributed by atoms with Gasteiger partial charge in [0.05, 0.1) is 0 Å². The molecular weight excluding hydrogens is 426 g/mol. The number of benzene rings is 1. The number of nitrogens with one attached hydrogen (secondary N) is 1. The van der Waals surface area contributed by atoms with Gasteiger partial charge >= 0.3 is 0 Å². The van der Waals surface area contributed by atoms with Gasteiger partial charge in [0.25, 0.3) is 0 Å². The van der Waals surface area contributed by atoms with Crippen LogP contribution < -0.4 is 11.1 Å². The third-order valence-corrected chi connectivity index (χ3v) is 6.62. The van der Waals surface area contributed by atoms with E-state index in [-0.39, 0.29) is 17.3 Å². The number of nitrogen functional groups attached to an aromatic ring is 1. The number of nitrogens with zero attached hydrogens (tertiary/aromatic N) is 1. The molecule has 1 amide bonds. The lowest BCUT2D eigenvalue weighted by Crippen LogP contribution is -2.37. The zero-order valence-corrected chi connectivity index (χ0v) is 15.8. The standard InChI is InChI=1S/C12H17Br2N3O3S/c1-7(12(18)16-2)6-17(3)21(19,20)11-9(13)4-8(15)5-10(11)14/h4-5,7H,6,15H2,1-3H3,(H,16,18). The van der Waals surface area contributed by atoms with Crippen molar-refractivity contribution in [3.05, 3.63) is 21.1 Å². The van der Waals surface area contributed by atoms with E-state index in [9.17, 15) is 13.2 Å². The molecule has 0 aliphatic rings. The molecule has 6 nitrogen and oxygen atoms in total. The predicted octanol–water partition coefficient (Wildman–Crippen LogP) is 1.80. The highest BCUT2D eigenvalue weighted by Gasteiger charge is 2.28. The molecule has 1 rings (SSSR count). The Morgan fingerprint density at radius 1 is 1.38 bits per heavy atom. The van der Waals surface area contributed by atoms with Crippen LogP contribution >= 0.6 is 31.9 Å². The van der Waals surface area contributed by atoms with Gasteiger partial charge in [-0.25, -0.2) is 12.7 Å². The zero-order chi connectivity index (χ0) is 16.4. The first-order valence-corrected chi connectivity index (χ1v) is 9.06. The smallest absolute Gasteiger partial charge is 0.245 e. The number of hydrogen-bond acceptors (Lipinski definition) is 4. The number of carbonyl (C=O) groups is 1.